The molecule has 2 unspecified atom stereocenters. The average Bonchev–Trinajstić information content (AvgIpc) is 2.70. The number of hydrogen-bond donors (Lipinski definition) is 1. The molecule has 2 fully saturated rings. The van der Waals surface area contributed by atoms with Crippen LogP contribution in [0.5, 0.6) is 0 Å². The number of nitrogens with zero attached hydrogens (tertiary/aromatic N) is 1. The van der Waals surface area contributed by atoms with Crippen LogP contribution in [0.1, 0.15) is 6.42 Å². The van der Waals surface area contributed by atoms with Gasteiger partial charge in [-0.2, -0.15) is 0 Å². The predicted molar refractivity (Wildman–Crippen MR) is 48.3 cm³/mol. The van der Waals surface area contributed by atoms with Crippen LogP contribution in [0.4, 0.5) is 0 Å². The number of carbonyl (C=O) groups is 2. The molecule has 2 aliphatic rings. The van der Waals surface area contributed by atoms with Gasteiger partial charge in [-0.1, -0.05) is 0 Å². The Balaban J connectivity index is 2.14. The summed E-state index contributed by atoms with van der Waals surface area (Å²) in [5.74, 6) is -1.28. The minimum atomic E-state index is -1.02. The van der Waals surface area contributed by atoms with E-state index in [1.807, 2.05) is 0 Å². The number of aliphatic carboxylic acids is 1. The lowest BCUT2D eigenvalue weighted by Crippen LogP contribution is -2.57. The van der Waals surface area contributed by atoms with Gasteiger partial charge in [0.2, 0.25) is 5.91 Å². The molecule has 0 aromatic carbocycles. The molecule has 0 radical (unpaired) electrons. The van der Waals surface area contributed by atoms with E-state index >= 15 is 0 Å². The largest absolute Gasteiger partial charge is 0.480 e. The van der Waals surface area contributed by atoms with Crippen LogP contribution >= 0.6 is 0 Å². The monoisotopic (exact) mass is 215 g/mol. The molecule has 0 aliphatic carbocycles. The minimum Gasteiger partial charge on any atom is -0.480 e. The van der Waals surface area contributed by atoms with E-state index in [0.717, 1.165) is 0 Å². The van der Waals surface area contributed by atoms with Crippen molar-refractivity contribution in [1.29, 1.82) is 0 Å². The van der Waals surface area contributed by atoms with E-state index in [4.69, 9.17) is 14.6 Å². The summed E-state index contributed by atoms with van der Waals surface area (Å²) in [6, 6.07) is -0.972. The van der Waals surface area contributed by atoms with Crippen molar-refractivity contribution in [2.75, 3.05) is 26.4 Å². The first-order valence-corrected chi connectivity index (χ1v) is 4.89. The van der Waals surface area contributed by atoms with E-state index in [2.05, 4.69) is 0 Å². The zero-order chi connectivity index (χ0) is 10.8. The number of morpholine rings is 1. The fraction of sp³-hybridized carbons (Fsp3) is 0.778. The fourth-order valence-corrected chi connectivity index (χ4v) is 1.98. The van der Waals surface area contributed by atoms with Gasteiger partial charge in [0.25, 0.3) is 0 Å². The molecule has 6 nitrogen and oxygen atoms in total. The summed E-state index contributed by atoms with van der Waals surface area (Å²) in [5.41, 5.74) is 0. The molecule has 15 heavy (non-hydrogen) atoms. The van der Waals surface area contributed by atoms with Crippen molar-refractivity contribution >= 4 is 11.9 Å². The van der Waals surface area contributed by atoms with Gasteiger partial charge in [-0.15, -0.1) is 0 Å². The van der Waals surface area contributed by atoms with Crippen LogP contribution < -0.4 is 0 Å². The van der Waals surface area contributed by atoms with Crippen LogP contribution in [0.3, 0.4) is 0 Å². The molecule has 0 bridgehead atoms. The standard InChI is InChI=1S/C9H13NO5/c11-8-5-15-4-7(9(12)13)10(8)6-1-2-14-3-6/h6-7H,1-5H2,(H,12,13). The summed E-state index contributed by atoms with van der Waals surface area (Å²) in [6.07, 6.45) is 0.704. The molecule has 0 aromatic rings. The highest BCUT2D eigenvalue weighted by Crippen LogP contribution is 2.19. The van der Waals surface area contributed by atoms with Gasteiger partial charge in [-0.25, -0.2) is 4.79 Å². The molecule has 1 amide bonds. The van der Waals surface area contributed by atoms with Gasteiger partial charge in [-0.05, 0) is 6.42 Å². The SMILES string of the molecule is O=C(O)C1COCC(=O)N1C1CCOC1. The number of rotatable bonds is 2. The topological polar surface area (TPSA) is 76.1 Å². The van der Waals surface area contributed by atoms with E-state index in [-0.39, 0.29) is 25.2 Å². The Morgan fingerprint density at radius 3 is 2.80 bits per heavy atom. The predicted octanol–water partition coefficient (Wildman–Crippen LogP) is -0.913. The second-order valence-corrected chi connectivity index (χ2v) is 3.69. The Labute approximate surface area is 86.8 Å². The van der Waals surface area contributed by atoms with Crippen molar-refractivity contribution in [3.05, 3.63) is 0 Å². The van der Waals surface area contributed by atoms with Crippen molar-refractivity contribution in [2.45, 2.75) is 18.5 Å². The molecular formula is C9H13NO5. The fourth-order valence-electron chi connectivity index (χ4n) is 1.98. The van der Waals surface area contributed by atoms with Crippen molar-refractivity contribution in [2.24, 2.45) is 0 Å². The first-order valence-electron chi connectivity index (χ1n) is 4.89. The molecule has 2 heterocycles. The number of carboxylic acids is 1. The second-order valence-electron chi connectivity index (χ2n) is 3.69. The molecular weight excluding hydrogens is 202 g/mol. The molecule has 1 N–H and O–H groups in total. The number of hydrogen-bond acceptors (Lipinski definition) is 4. The van der Waals surface area contributed by atoms with Crippen LogP contribution in [0, 0.1) is 0 Å². The molecule has 0 spiro atoms. The Kier molecular flexibility index (Phi) is 2.88. The highest BCUT2D eigenvalue weighted by Gasteiger charge is 2.39. The lowest BCUT2D eigenvalue weighted by Gasteiger charge is -2.36. The summed E-state index contributed by atoms with van der Waals surface area (Å²) < 4.78 is 10.1. The van der Waals surface area contributed by atoms with Gasteiger partial charge < -0.3 is 19.5 Å². The zero-order valence-corrected chi connectivity index (χ0v) is 8.22. The second kappa shape index (κ2) is 4.16. The van der Waals surface area contributed by atoms with Crippen LogP contribution in [-0.2, 0) is 19.1 Å². The van der Waals surface area contributed by atoms with E-state index in [1.54, 1.807) is 0 Å². The third kappa shape index (κ3) is 1.95. The third-order valence-corrected chi connectivity index (χ3v) is 2.71. The van der Waals surface area contributed by atoms with Crippen molar-refractivity contribution in [3.8, 4) is 0 Å². The maximum atomic E-state index is 11.6. The first kappa shape index (κ1) is 10.4. The quantitative estimate of drug-likeness (QED) is 0.645. The molecule has 2 saturated heterocycles. The minimum absolute atomic E-state index is 0.0275. The number of amides is 1. The van der Waals surface area contributed by atoms with Gasteiger partial charge in [0.05, 0.1) is 19.3 Å². The smallest absolute Gasteiger partial charge is 0.328 e. The van der Waals surface area contributed by atoms with Crippen LogP contribution in [-0.4, -0.2) is 60.4 Å². The maximum Gasteiger partial charge on any atom is 0.328 e. The van der Waals surface area contributed by atoms with Crippen molar-refractivity contribution < 1.29 is 24.2 Å². The van der Waals surface area contributed by atoms with Gasteiger partial charge in [-0.3, -0.25) is 4.79 Å². The zero-order valence-electron chi connectivity index (χ0n) is 8.22. The Morgan fingerprint density at radius 1 is 1.40 bits per heavy atom. The summed E-state index contributed by atoms with van der Waals surface area (Å²) >= 11 is 0. The Morgan fingerprint density at radius 2 is 2.20 bits per heavy atom. The molecule has 2 aliphatic heterocycles. The van der Waals surface area contributed by atoms with Crippen LogP contribution in [0.25, 0.3) is 0 Å². The molecule has 2 rings (SSSR count). The van der Waals surface area contributed by atoms with E-state index in [9.17, 15) is 9.59 Å². The molecule has 0 saturated carbocycles. The molecule has 2 atom stereocenters. The van der Waals surface area contributed by atoms with Crippen molar-refractivity contribution in [3.63, 3.8) is 0 Å². The Hall–Kier alpha value is -1.14. The van der Waals surface area contributed by atoms with Gasteiger partial charge in [0.1, 0.15) is 6.61 Å². The summed E-state index contributed by atoms with van der Waals surface area (Å²) in [6.45, 7) is 1.05. The molecule has 0 aromatic heterocycles. The lowest BCUT2D eigenvalue weighted by atomic mass is 10.1. The molecule has 6 heteroatoms. The highest BCUT2D eigenvalue weighted by molar-refractivity contribution is 5.85. The van der Waals surface area contributed by atoms with E-state index in [1.165, 1.54) is 4.90 Å². The molecule has 84 valence electrons. The maximum absolute atomic E-state index is 11.6. The summed E-state index contributed by atoms with van der Waals surface area (Å²) in [4.78, 5) is 23.9. The Bertz CT molecular complexity index is 274. The third-order valence-electron chi connectivity index (χ3n) is 2.71. The first-order chi connectivity index (χ1) is 7.20. The van der Waals surface area contributed by atoms with Gasteiger partial charge in [0.15, 0.2) is 6.04 Å². The van der Waals surface area contributed by atoms with Crippen molar-refractivity contribution in [1.82, 2.24) is 4.90 Å². The summed E-state index contributed by atoms with van der Waals surface area (Å²) in [7, 11) is 0. The summed E-state index contributed by atoms with van der Waals surface area (Å²) in [5, 5.41) is 8.97. The number of carboxylic acid groups (broad SMARTS) is 1. The van der Waals surface area contributed by atoms with Crippen LogP contribution in [0.15, 0.2) is 0 Å². The lowest BCUT2D eigenvalue weighted by molar-refractivity contribution is -0.165. The number of ether oxygens (including phenoxy) is 2. The average molecular weight is 215 g/mol. The van der Waals surface area contributed by atoms with Crippen LogP contribution in [0.2, 0.25) is 0 Å². The highest BCUT2D eigenvalue weighted by atomic mass is 16.5. The van der Waals surface area contributed by atoms with Gasteiger partial charge in [0, 0.05) is 6.61 Å². The van der Waals surface area contributed by atoms with E-state index in [0.29, 0.717) is 19.6 Å². The number of carbonyl (C=O) groups excluding carboxylic acids is 1. The van der Waals surface area contributed by atoms with E-state index < -0.39 is 12.0 Å². The normalized spacial score (nSPS) is 32.0. The van der Waals surface area contributed by atoms with Gasteiger partial charge >= 0.3 is 5.97 Å².